The minimum Gasteiger partial charge on any atom is -0.0732 e. The number of fused-ring (bicyclic) bond motifs is 2. The molecule has 0 aromatic heterocycles. The Morgan fingerprint density at radius 2 is 1.65 bits per heavy atom. The van der Waals surface area contributed by atoms with Gasteiger partial charge in [0.2, 0.25) is 0 Å². The maximum absolute atomic E-state index is 3.69. The molecule has 4 bridgehead atoms. The van der Waals surface area contributed by atoms with E-state index in [1.165, 1.54) is 34.6 Å². The van der Waals surface area contributed by atoms with Gasteiger partial charge in [-0.1, -0.05) is 26.0 Å². The molecule has 0 spiro atoms. The van der Waals surface area contributed by atoms with Crippen molar-refractivity contribution in [3.05, 3.63) is 32.8 Å². The zero-order chi connectivity index (χ0) is 12.3. The van der Waals surface area contributed by atoms with Crippen LogP contribution in [0.2, 0.25) is 0 Å². The minimum atomic E-state index is 0.402. The van der Waals surface area contributed by atoms with E-state index in [2.05, 4.69) is 63.9 Å². The van der Waals surface area contributed by atoms with Crippen molar-refractivity contribution >= 4 is 31.9 Å². The molecule has 1 saturated carbocycles. The van der Waals surface area contributed by atoms with Crippen molar-refractivity contribution in [3.8, 4) is 0 Å². The van der Waals surface area contributed by atoms with Crippen molar-refractivity contribution in [2.24, 2.45) is 16.7 Å². The first-order chi connectivity index (χ1) is 7.93. The van der Waals surface area contributed by atoms with Gasteiger partial charge in [-0.2, -0.15) is 0 Å². The molecule has 0 radical (unpaired) electrons. The molecule has 1 atom stereocenters. The summed E-state index contributed by atoms with van der Waals surface area (Å²) in [7, 11) is 0. The molecule has 17 heavy (non-hydrogen) atoms. The molecule has 4 aliphatic carbocycles. The second-order valence-corrected chi connectivity index (χ2v) is 8.08. The summed E-state index contributed by atoms with van der Waals surface area (Å²) in [6.45, 7) is 4.91. The number of allylic oxidation sites excluding steroid dienone is 6. The summed E-state index contributed by atoms with van der Waals surface area (Å²) in [4.78, 5) is 0. The molecule has 1 unspecified atom stereocenters. The molecule has 0 N–H and O–H groups in total. The monoisotopic (exact) mass is 356 g/mol. The summed E-state index contributed by atoms with van der Waals surface area (Å²) in [5.41, 5.74) is 2.41. The largest absolute Gasteiger partial charge is 0.0732 e. The summed E-state index contributed by atoms with van der Waals surface area (Å²) in [6, 6.07) is 0. The van der Waals surface area contributed by atoms with E-state index in [0.717, 1.165) is 0 Å². The van der Waals surface area contributed by atoms with Crippen LogP contribution in [0.1, 0.15) is 39.5 Å². The van der Waals surface area contributed by atoms with E-state index >= 15 is 0 Å². The maximum atomic E-state index is 3.69. The second kappa shape index (κ2) is 3.84. The summed E-state index contributed by atoms with van der Waals surface area (Å²) < 4.78 is 2.41. The Hall–Kier alpha value is 0.180. The van der Waals surface area contributed by atoms with Crippen LogP contribution in [-0.2, 0) is 0 Å². The summed E-state index contributed by atoms with van der Waals surface area (Å²) >= 11 is 7.38. The van der Waals surface area contributed by atoms with Crippen molar-refractivity contribution in [2.75, 3.05) is 0 Å². The molecule has 92 valence electrons. The van der Waals surface area contributed by atoms with Crippen LogP contribution < -0.4 is 0 Å². The molecule has 0 aromatic carbocycles. The minimum absolute atomic E-state index is 0.402. The normalized spacial score (nSPS) is 44.5. The van der Waals surface area contributed by atoms with Crippen LogP contribution in [0.5, 0.6) is 0 Å². The van der Waals surface area contributed by atoms with Gasteiger partial charge >= 0.3 is 0 Å². The summed E-state index contributed by atoms with van der Waals surface area (Å²) in [5, 5.41) is 0. The lowest BCUT2D eigenvalue weighted by molar-refractivity contribution is 0.122. The van der Waals surface area contributed by atoms with Crippen molar-refractivity contribution in [1.82, 2.24) is 0 Å². The van der Waals surface area contributed by atoms with Crippen LogP contribution in [0.15, 0.2) is 32.8 Å². The van der Waals surface area contributed by atoms with Crippen molar-refractivity contribution in [1.29, 1.82) is 0 Å². The SMILES string of the molecule is CC12CCC(C)(CC1)C1C=C(Br)C(Br)=CC2=C1. The fraction of sp³-hybridized carbons (Fsp3) is 0.600. The molecule has 0 aliphatic heterocycles. The quantitative estimate of drug-likeness (QED) is 0.521. The van der Waals surface area contributed by atoms with Gasteiger partial charge in [0, 0.05) is 14.9 Å². The molecule has 0 nitrogen and oxygen atoms in total. The fourth-order valence-electron chi connectivity index (χ4n) is 3.51. The Morgan fingerprint density at radius 3 is 2.29 bits per heavy atom. The smallest absolute Gasteiger partial charge is 0.0317 e. The van der Waals surface area contributed by atoms with E-state index in [1.54, 1.807) is 5.57 Å². The van der Waals surface area contributed by atoms with Crippen molar-refractivity contribution < 1.29 is 0 Å². The van der Waals surface area contributed by atoms with E-state index in [0.29, 0.717) is 16.7 Å². The average molecular weight is 358 g/mol. The van der Waals surface area contributed by atoms with Crippen LogP contribution in [0.4, 0.5) is 0 Å². The van der Waals surface area contributed by atoms with Crippen LogP contribution in [0.3, 0.4) is 0 Å². The lowest BCUT2D eigenvalue weighted by atomic mass is 9.62. The first-order valence-electron chi connectivity index (χ1n) is 6.40. The van der Waals surface area contributed by atoms with Crippen LogP contribution in [-0.4, -0.2) is 0 Å². The van der Waals surface area contributed by atoms with E-state index in [4.69, 9.17) is 0 Å². The third kappa shape index (κ3) is 1.83. The van der Waals surface area contributed by atoms with Gasteiger partial charge in [-0.3, -0.25) is 0 Å². The highest BCUT2D eigenvalue weighted by Crippen LogP contribution is 2.58. The Kier molecular flexibility index (Phi) is 2.76. The predicted molar refractivity (Wildman–Crippen MR) is 80.3 cm³/mol. The van der Waals surface area contributed by atoms with Crippen LogP contribution in [0.25, 0.3) is 0 Å². The Labute approximate surface area is 120 Å². The van der Waals surface area contributed by atoms with E-state index in [1.807, 2.05) is 0 Å². The van der Waals surface area contributed by atoms with Gasteiger partial charge in [0.05, 0.1) is 0 Å². The lowest BCUT2D eigenvalue weighted by Crippen LogP contribution is -2.32. The fourth-order valence-corrected chi connectivity index (χ4v) is 4.28. The Bertz CT molecular complexity index is 446. The third-order valence-corrected chi connectivity index (χ3v) is 7.07. The molecule has 2 heteroatoms. The predicted octanol–water partition coefficient (Wildman–Crippen LogP) is 5.70. The molecule has 0 aromatic rings. The molecule has 4 rings (SSSR count). The summed E-state index contributed by atoms with van der Waals surface area (Å²) in [6.07, 6.45) is 12.6. The van der Waals surface area contributed by atoms with Gasteiger partial charge in [-0.25, -0.2) is 0 Å². The first-order valence-corrected chi connectivity index (χ1v) is 7.99. The highest BCUT2D eigenvalue weighted by Gasteiger charge is 2.46. The van der Waals surface area contributed by atoms with Gasteiger partial charge in [-0.05, 0) is 80.0 Å². The van der Waals surface area contributed by atoms with Crippen LogP contribution in [0, 0.1) is 16.7 Å². The first kappa shape index (κ1) is 12.2. The number of hydrogen-bond acceptors (Lipinski definition) is 0. The number of rotatable bonds is 0. The topological polar surface area (TPSA) is 0 Å². The molecule has 0 saturated heterocycles. The maximum Gasteiger partial charge on any atom is 0.0317 e. The van der Waals surface area contributed by atoms with Gasteiger partial charge in [0.25, 0.3) is 0 Å². The van der Waals surface area contributed by atoms with Crippen molar-refractivity contribution in [2.45, 2.75) is 39.5 Å². The third-order valence-electron chi connectivity index (χ3n) is 5.19. The van der Waals surface area contributed by atoms with Gasteiger partial charge in [0.15, 0.2) is 0 Å². The number of hydrogen-bond donors (Lipinski definition) is 0. The second-order valence-electron chi connectivity index (χ2n) is 6.37. The zero-order valence-electron chi connectivity index (χ0n) is 10.4. The summed E-state index contributed by atoms with van der Waals surface area (Å²) in [5.74, 6) is 0.586. The molecule has 0 amide bonds. The van der Waals surface area contributed by atoms with Gasteiger partial charge in [-0.15, -0.1) is 0 Å². The molecule has 1 fully saturated rings. The van der Waals surface area contributed by atoms with E-state index in [9.17, 15) is 0 Å². The zero-order valence-corrected chi connectivity index (χ0v) is 13.6. The Balaban J connectivity index is 2.18. The average Bonchev–Trinajstić information content (AvgIpc) is 2.54. The van der Waals surface area contributed by atoms with E-state index < -0.39 is 0 Å². The molecular formula is C15H18Br2. The van der Waals surface area contributed by atoms with Gasteiger partial charge in [0.1, 0.15) is 0 Å². The standard InChI is InChI=1S/C15H18Br2/c1-14-3-5-15(2,6-4-14)11-7-10(14)8-12(16)13(17)9-11/h7-10H,3-6H2,1-2H3. The van der Waals surface area contributed by atoms with E-state index in [-0.39, 0.29) is 0 Å². The number of halogens is 2. The molecule has 4 aliphatic rings. The van der Waals surface area contributed by atoms with Crippen molar-refractivity contribution in [3.63, 3.8) is 0 Å². The highest BCUT2D eigenvalue weighted by atomic mass is 79.9. The highest BCUT2D eigenvalue weighted by molar-refractivity contribution is 9.15. The van der Waals surface area contributed by atoms with Gasteiger partial charge < -0.3 is 0 Å². The molecular weight excluding hydrogens is 340 g/mol. The molecule has 0 heterocycles. The van der Waals surface area contributed by atoms with Crippen LogP contribution >= 0.6 is 31.9 Å². The lowest BCUT2D eigenvalue weighted by Gasteiger charge is -2.43. The Morgan fingerprint density at radius 1 is 1.00 bits per heavy atom.